The highest BCUT2D eigenvalue weighted by molar-refractivity contribution is 6.11. The number of rotatable bonds is 3. The van der Waals surface area contributed by atoms with Crippen LogP contribution in [0.1, 0.15) is 16.1 Å². The molecule has 118 valence electrons. The molecular weight excluding hydrogens is 302 g/mol. The molecule has 0 fully saturated rings. The van der Waals surface area contributed by atoms with Crippen molar-refractivity contribution in [2.45, 2.75) is 6.92 Å². The molecule has 5 nitrogen and oxygen atoms in total. The molecule has 0 saturated carbocycles. The van der Waals surface area contributed by atoms with Gasteiger partial charge in [-0.1, -0.05) is 24.3 Å². The Morgan fingerprint density at radius 1 is 1.04 bits per heavy atom. The maximum atomic E-state index is 12.6. The van der Waals surface area contributed by atoms with Crippen LogP contribution in [0.15, 0.2) is 65.1 Å². The Hall–Kier alpha value is -3.34. The number of para-hydroxylation sites is 2. The molecule has 0 atom stereocenters. The lowest BCUT2D eigenvalue weighted by Gasteiger charge is -2.05. The van der Waals surface area contributed by atoms with Crippen molar-refractivity contribution in [1.82, 2.24) is 9.97 Å². The Morgan fingerprint density at radius 2 is 1.88 bits per heavy atom. The van der Waals surface area contributed by atoms with Crippen molar-refractivity contribution in [3.8, 4) is 11.6 Å². The maximum Gasteiger partial charge on any atom is 0.257 e. The first-order chi connectivity index (χ1) is 11.7. The van der Waals surface area contributed by atoms with Crippen LogP contribution >= 0.6 is 0 Å². The third-order valence-corrected chi connectivity index (χ3v) is 3.76. The van der Waals surface area contributed by atoms with E-state index in [9.17, 15) is 4.79 Å². The number of hydrogen-bond donors (Lipinski definition) is 2. The van der Waals surface area contributed by atoms with Crippen molar-refractivity contribution in [2.24, 2.45) is 0 Å². The van der Waals surface area contributed by atoms with Crippen LogP contribution in [-0.2, 0) is 0 Å². The van der Waals surface area contributed by atoms with Crippen LogP contribution in [0, 0.1) is 6.92 Å². The van der Waals surface area contributed by atoms with Crippen molar-refractivity contribution < 1.29 is 9.21 Å². The molecule has 0 aliphatic rings. The molecule has 0 unspecified atom stereocenters. The normalized spacial score (nSPS) is 10.9. The zero-order valence-electron chi connectivity index (χ0n) is 13.0. The van der Waals surface area contributed by atoms with E-state index in [1.54, 1.807) is 6.07 Å². The van der Waals surface area contributed by atoms with E-state index in [4.69, 9.17) is 4.42 Å². The van der Waals surface area contributed by atoms with Crippen LogP contribution in [0.5, 0.6) is 0 Å². The molecule has 2 heterocycles. The van der Waals surface area contributed by atoms with Crippen LogP contribution in [-0.4, -0.2) is 15.9 Å². The lowest BCUT2D eigenvalue weighted by molar-refractivity contribution is 0.102. The molecule has 0 spiro atoms. The number of amides is 1. The van der Waals surface area contributed by atoms with E-state index in [1.807, 2.05) is 61.5 Å². The number of aromatic nitrogens is 2. The molecule has 0 saturated heterocycles. The summed E-state index contributed by atoms with van der Waals surface area (Å²) in [6.07, 6.45) is 0. The second-order valence-corrected chi connectivity index (χ2v) is 5.52. The van der Waals surface area contributed by atoms with Gasteiger partial charge in [0.05, 0.1) is 11.1 Å². The number of anilines is 1. The number of imidazole rings is 1. The van der Waals surface area contributed by atoms with E-state index in [2.05, 4.69) is 15.3 Å². The number of fused-ring (bicyclic) bond motifs is 1. The van der Waals surface area contributed by atoms with E-state index in [0.29, 0.717) is 22.7 Å². The summed E-state index contributed by atoms with van der Waals surface area (Å²) in [5, 5.41) is 2.89. The van der Waals surface area contributed by atoms with E-state index < -0.39 is 0 Å². The molecule has 4 aromatic rings. The molecule has 0 radical (unpaired) electrons. The van der Waals surface area contributed by atoms with Gasteiger partial charge in [0, 0.05) is 5.69 Å². The fourth-order valence-electron chi connectivity index (χ4n) is 2.61. The van der Waals surface area contributed by atoms with E-state index in [0.717, 1.165) is 17.0 Å². The minimum Gasteiger partial charge on any atom is -0.458 e. The smallest absolute Gasteiger partial charge is 0.257 e. The number of nitrogens with zero attached hydrogens (tertiary/aromatic N) is 1. The van der Waals surface area contributed by atoms with Crippen LogP contribution in [0.3, 0.4) is 0 Å². The lowest BCUT2D eigenvalue weighted by atomic mass is 10.1. The highest BCUT2D eigenvalue weighted by Crippen LogP contribution is 2.25. The Labute approximate surface area is 138 Å². The average molecular weight is 317 g/mol. The van der Waals surface area contributed by atoms with Crippen molar-refractivity contribution in [2.75, 3.05) is 5.32 Å². The summed E-state index contributed by atoms with van der Waals surface area (Å²) in [6.45, 7) is 1.88. The van der Waals surface area contributed by atoms with Crippen molar-refractivity contribution in [1.29, 1.82) is 0 Å². The first-order valence-corrected chi connectivity index (χ1v) is 7.62. The molecule has 0 bridgehead atoms. The topological polar surface area (TPSA) is 70.9 Å². The molecule has 2 aromatic heterocycles. The number of H-pyrrole nitrogens is 1. The third kappa shape index (κ3) is 2.56. The Balaban J connectivity index is 1.73. The molecule has 24 heavy (non-hydrogen) atoms. The zero-order valence-corrected chi connectivity index (χ0v) is 13.0. The molecule has 5 heteroatoms. The van der Waals surface area contributed by atoms with Gasteiger partial charge in [0.2, 0.25) is 0 Å². The van der Waals surface area contributed by atoms with Gasteiger partial charge in [-0.15, -0.1) is 0 Å². The van der Waals surface area contributed by atoms with Gasteiger partial charge in [0.1, 0.15) is 11.3 Å². The number of aryl methyl sites for hydroxylation is 1. The molecule has 4 rings (SSSR count). The minimum atomic E-state index is -0.194. The second kappa shape index (κ2) is 5.70. The highest BCUT2D eigenvalue weighted by Gasteiger charge is 2.15. The Kier molecular flexibility index (Phi) is 3.39. The van der Waals surface area contributed by atoms with Crippen LogP contribution in [0.2, 0.25) is 0 Å². The third-order valence-electron chi connectivity index (χ3n) is 3.76. The largest absolute Gasteiger partial charge is 0.458 e. The van der Waals surface area contributed by atoms with Gasteiger partial charge in [-0.2, -0.15) is 0 Å². The predicted molar refractivity (Wildman–Crippen MR) is 92.9 cm³/mol. The summed E-state index contributed by atoms with van der Waals surface area (Å²) in [6, 6.07) is 18.6. The Morgan fingerprint density at radius 3 is 2.62 bits per heavy atom. The fraction of sp³-hybridized carbons (Fsp3) is 0.0526. The Bertz CT molecular complexity index is 1020. The molecule has 1 amide bonds. The number of furan rings is 1. The molecule has 0 aliphatic heterocycles. The van der Waals surface area contributed by atoms with Crippen molar-refractivity contribution in [3.05, 3.63) is 72.0 Å². The average Bonchev–Trinajstić information content (AvgIpc) is 3.21. The number of aromatic amines is 1. The molecule has 2 aromatic carbocycles. The van der Waals surface area contributed by atoms with E-state index in [1.165, 1.54) is 0 Å². The van der Waals surface area contributed by atoms with Gasteiger partial charge >= 0.3 is 0 Å². The summed E-state index contributed by atoms with van der Waals surface area (Å²) < 4.78 is 5.60. The zero-order chi connectivity index (χ0) is 16.5. The predicted octanol–water partition coefficient (Wildman–Crippen LogP) is 4.38. The van der Waals surface area contributed by atoms with E-state index >= 15 is 0 Å². The van der Waals surface area contributed by atoms with E-state index in [-0.39, 0.29) is 5.91 Å². The van der Waals surface area contributed by atoms with Gasteiger partial charge in [0.15, 0.2) is 11.6 Å². The number of carbonyl (C=O) groups is 1. The lowest BCUT2D eigenvalue weighted by Crippen LogP contribution is -2.12. The van der Waals surface area contributed by atoms with Crippen LogP contribution in [0.25, 0.3) is 22.6 Å². The first kappa shape index (κ1) is 14.3. The van der Waals surface area contributed by atoms with Gasteiger partial charge < -0.3 is 14.7 Å². The van der Waals surface area contributed by atoms with Crippen LogP contribution in [0.4, 0.5) is 5.69 Å². The summed E-state index contributed by atoms with van der Waals surface area (Å²) in [7, 11) is 0. The summed E-state index contributed by atoms with van der Waals surface area (Å²) >= 11 is 0. The monoisotopic (exact) mass is 317 g/mol. The molecule has 0 aliphatic carbocycles. The quantitative estimate of drug-likeness (QED) is 0.589. The van der Waals surface area contributed by atoms with Crippen molar-refractivity contribution in [3.63, 3.8) is 0 Å². The maximum absolute atomic E-state index is 12.6. The number of hydrogen-bond acceptors (Lipinski definition) is 3. The van der Waals surface area contributed by atoms with Gasteiger partial charge in [0.25, 0.3) is 5.91 Å². The summed E-state index contributed by atoms with van der Waals surface area (Å²) in [5.74, 6) is 1.88. The van der Waals surface area contributed by atoms with Gasteiger partial charge in [-0.3, -0.25) is 4.79 Å². The van der Waals surface area contributed by atoms with Crippen molar-refractivity contribution >= 4 is 22.6 Å². The van der Waals surface area contributed by atoms with Gasteiger partial charge in [-0.25, -0.2) is 4.98 Å². The van der Waals surface area contributed by atoms with Crippen LogP contribution < -0.4 is 5.32 Å². The first-order valence-electron chi connectivity index (χ1n) is 7.62. The SMILES string of the molecule is Cc1ccc(-c2nc3c(C(=O)Nc4ccccc4)cccc3[nH]2)o1. The number of carbonyl (C=O) groups excluding carboxylic acids is 1. The number of benzene rings is 2. The highest BCUT2D eigenvalue weighted by atomic mass is 16.3. The number of nitrogens with one attached hydrogen (secondary N) is 2. The minimum absolute atomic E-state index is 0.194. The summed E-state index contributed by atoms with van der Waals surface area (Å²) in [4.78, 5) is 20.3. The molecular formula is C19H15N3O2. The fourth-order valence-corrected chi connectivity index (χ4v) is 2.61. The summed E-state index contributed by atoms with van der Waals surface area (Å²) in [5.41, 5.74) is 2.67. The standard InChI is InChI=1S/C19H15N3O2/c1-12-10-11-16(24-12)18-21-15-9-5-8-14(17(15)22-18)19(23)20-13-6-3-2-4-7-13/h2-11H,1H3,(H,20,23)(H,21,22). The second-order valence-electron chi connectivity index (χ2n) is 5.52. The molecule has 2 N–H and O–H groups in total. The van der Waals surface area contributed by atoms with Gasteiger partial charge in [-0.05, 0) is 43.3 Å².